The van der Waals surface area contributed by atoms with Gasteiger partial charge in [0.25, 0.3) is 0 Å². The summed E-state index contributed by atoms with van der Waals surface area (Å²) in [5, 5.41) is 8.70. The molecule has 2 rings (SSSR count). The quantitative estimate of drug-likeness (QED) is 0.905. The first kappa shape index (κ1) is 12.0. The first-order chi connectivity index (χ1) is 8.56. The second kappa shape index (κ2) is 4.83. The zero-order chi connectivity index (χ0) is 13.1. The zero-order valence-electron chi connectivity index (χ0n) is 9.55. The molecule has 0 aliphatic heterocycles. The maximum Gasteiger partial charge on any atom is 0.354 e. The van der Waals surface area contributed by atoms with Crippen LogP contribution in [0, 0.1) is 12.7 Å². The van der Waals surface area contributed by atoms with Crippen molar-refractivity contribution in [2.24, 2.45) is 0 Å². The lowest BCUT2D eigenvalue weighted by Crippen LogP contribution is -1.99. The molecule has 1 heterocycles. The van der Waals surface area contributed by atoms with E-state index in [1.165, 1.54) is 36.5 Å². The fraction of sp³-hybridized carbons (Fsp3) is 0.0769. The van der Waals surface area contributed by atoms with E-state index in [-0.39, 0.29) is 11.5 Å². The van der Waals surface area contributed by atoms with Crippen molar-refractivity contribution < 1.29 is 19.0 Å². The molecule has 0 saturated carbocycles. The van der Waals surface area contributed by atoms with Crippen molar-refractivity contribution in [2.45, 2.75) is 6.92 Å². The van der Waals surface area contributed by atoms with Gasteiger partial charge in [0, 0.05) is 0 Å². The Morgan fingerprint density at radius 1 is 1.33 bits per heavy atom. The number of hydrogen-bond acceptors (Lipinski definition) is 3. The van der Waals surface area contributed by atoms with Crippen LogP contribution in [0.25, 0.3) is 0 Å². The molecule has 0 bridgehead atoms. The number of benzene rings is 1. The molecule has 1 aromatic carbocycles. The third-order valence-electron chi connectivity index (χ3n) is 2.32. The van der Waals surface area contributed by atoms with Gasteiger partial charge in [-0.15, -0.1) is 0 Å². The Labute approximate surface area is 103 Å². The van der Waals surface area contributed by atoms with Gasteiger partial charge in [0.05, 0.1) is 6.20 Å². The normalized spacial score (nSPS) is 10.1. The predicted molar refractivity (Wildman–Crippen MR) is 62.4 cm³/mol. The summed E-state index contributed by atoms with van der Waals surface area (Å²) in [4.78, 5) is 14.3. The number of carboxylic acid groups (broad SMARTS) is 1. The van der Waals surface area contributed by atoms with Gasteiger partial charge in [0.1, 0.15) is 23.0 Å². The number of ether oxygens (including phenoxy) is 1. The van der Waals surface area contributed by atoms with Crippen LogP contribution in [0.3, 0.4) is 0 Å². The number of nitrogens with zero attached hydrogens (tertiary/aromatic N) is 1. The number of pyridine rings is 1. The van der Waals surface area contributed by atoms with Crippen LogP contribution in [0.5, 0.6) is 11.5 Å². The Kier molecular flexibility index (Phi) is 3.23. The highest BCUT2D eigenvalue weighted by Gasteiger charge is 2.06. The molecule has 1 aromatic heterocycles. The molecular weight excluding hydrogens is 237 g/mol. The van der Waals surface area contributed by atoms with E-state index in [2.05, 4.69) is 4.98 Å². The van der Waals surface area contributed by atoms with Crippen molar-refractivity contribution in [3.05, 3.63) is 53.6 Å². The van der Waals surface area contributed by atoms with Gasteiger partial charge >= 0.3 is 5.97 Å². The van der Waals surface area contributed by atoms with Gasteiger partial charge in [-0.05, 0) is 42.8 Å². The molecule has 1 N–H and O–H groups in total. The summed E-state index contributed by atoms with van der Waals surface area (Å²) < 4.78 is 18.4. The van der Waals surface area contributed by atoms with Gasteiger partial charge in [-0.1, -0.05) is 0 Å². The molecule has 0 fully saturated rings. The van der Waals surface area contributed by atoms with Gasteiger partial charge in [-0.3, -0.25) is 0 Å². The van der Waals surface area contributed by atoms with E-state index in [1.807, 2.05) is 0 Å². The Balaban J connectivity index is 2.21. The third-order valence-corrected chi connectivity index (χ3v) is 2.32. The fourth-order valence-electron chi connectivity index (χ4n) is 1.42. The largest absolute Gasteiger partial charge is 0.477 e. The number of aromatic nitrogens is 1. The Bertz CT molecular complexity index is 581. The number of carbonyl (C=O) groups is 1. The van der Waals surface area contributed by atoms with Crippen LogP contribution in [0.1, 0.15) is 16.1 Å². The van der Waals surface area contributed by atoms with Crippen molar-refractivity contribution in [3.63, 3.8) is 0 Å². The second-order valence-electron chi connectivity index (χ2n) is 3.70. The third kappa shape index (κ3) is 2.63. The monoisotopic (exact) mass is 247 g/mol. The van der Waals surface area contributed by atoms with Gasteiger partial charge in [-0.2, -0.15) is 0 Å². The number of halogens is 1. The van der Waals surface area contributed by atoms with Crippen LogP contribution in [0.15, 0.2) is 36.5 Å². The molecule has 0 saturated heterocycles. The van der Waals surface area contributed by atoms with Gasteiger partial charge in [0.15, 0.2) is 0 Å². The maximum atomic E-state index is 12.9. The lowest BCUT2D eigenvalue weighted by atomic mass is 10.2. The van der Waals surface area contributed by atoms with Crippen LogP contribution >= 0.6 is 0 Å². The lowest BCUT2D eigenvalue weighted by Gasteiger charge is -2.08. The van der Waals surface area contributed by atoms with Crippen LogP contribution in [-0.2, 0) is 0 Å². The molecule has 92 valence electrons. The molecule has 0 spiro atoms. The van der Waals surface area contributed by atoms with E-state index in [1.54, 1.807) is 6.92 Å². The first-order valence-corrected chi connectivity index (χ1v) is 5.19. The minimum atomic E-state index is -1.10. The topological polar surface area (TPSA) is 59.4 Å². The summed E-state index contributed by atoms with van der Waals surface area (Å²) in [6.45, 7) is 1.72. The molecule has 18 heavy (non-hydrogen) atoms. The van der Waals surface area contributed by atoms with Crippen LogP contribution in [0.2, 0.25) is 0 Å². The minimum Gasteiger partial charge on any atom is -0.477 e. The minimum absolute atomic E-state index is 0.0572. The van der Waals surface area contributed by atoms with Crippen molar-refractivity contribution >= 4 is 5.97 Å². The molecular formula is C13H10FNO3. The smallest absolute Gasteiger partial charge is 0.354 e. The van der Waals surface area contributed by atoms with E-state index in [0.29, 0.717) is 17.1 Å². The summed E-state index contributed by atoms with van der Waals surface area (Å²) in [6.07, 6.45) is 1.31. The van der Waals surface area contributed by atoms with Gasteiger partial charge in [0.2, 0.25) is 0 Å². The Morgan fingerprint density at radius 2 is 2.11 bits per heavy atom. The summed E-state index contributed by atoms with van der Waals surface area (Å²) in [5.41, 5.74) is 0.593. The number of rotatable bonds is 3. The van der Waals surface area contributed by atoms with E-state index in [4.69, 9.17) is 9.84 Å². The zero-order valence-corrected chi connectivity index (χ0v) is 9.55. The maximum absolute atomic E-state index is 12.9. The van der Waals surface area contributed by atoms with E-state index in [9.17, 15) is 9.18 Å². The molecule has 5 heteroatoms. The van der Waals surface area contributed by atoms with E-state index in [0.717, 1.165) is 0 Å². The van der Waals surface area contributed by atoms with Crippen molar-refractivity contribution in [1.29, 1.82) is 0 Å². The average Bonchev–Trinajstić information content (AvgIpc) is 2.33. The Hall–Kier alpha value is -2.43. The number of carboxylic acids is 1. The van der Waals surface area contributed by atoms with Crippen LogP contribution in [0.4, 0.5) is 4.39 Å². The number of aromatic carboxylic acids is 1. The standard InChI is InChI=1S/C13H10FNO3/c1-8-6-9(14)2-5-12(8)18-10-3-4-11(13(16)17)15-7-10/h2-7H,1H3,(H,16,17). The summed E-state index contributed by atoms with van der Waals surface area (Å²) in [7, 11) is 0. The van der Waals surface area contributed by atoms with Crippen LogP contribution in [-0.4, -0.2) is 16.1 Å². The highest BCUT2D eigenvalue weighted by Crippen LogP contribution is 2.24. The fourth-order valence-corrected chi connectivity index (χ4v) is 1.42. The molecule has 0 unspecified atom stereocenters. The summed E-state index contributed by atoms with van der Waals surface area (Å²) in [6, 6.07) is 7.00. The van der Waals surface area contributed by atoms with Crippen LogP contribution < -0.4 is 4.74 Å². The van der Waals surface area contributed by atoms with Crippen molar-refractivity contribution in [2.75, 3.05) is 0 Å². The van der Waals surface area contributed by atoms with E-state index < -0.39 is 5.97 Å². The van der Waals surface area contributed by atoms with Crippen molar-refractivity contribution in [1.82, 2.24) is 4.98 Å². The Morgan fingerprint density at radius 3 is 2.67 bits per heavy atom. The molecule has 0 radical (unpaired) electrons. The molecule has 2 aromatic rings. The summed E-state index contributed by atoms with van der Waals surface area (Å²) >= 11 is 0. The van der Waals surface area contributed by atoms with Gasteiger partial charge in [-0.25, -0.2) is 14.2 Å². The second-order valence-corrected chi connectivity index (χ2v) is 3.70. The highest BCUT2D eigenvalue weighted by atomic mass is 19.1. The highest BCUT2D eigenvalue weighted by molar-refractivity contribution is 5.85. The first-order valence-electron chi connectivity index (χ1n) is 5.19. The predicted octanol–water partition coefficient (Wildman–Crippen LogP) is 3.02. The number of aryl methyl sites for hydroxylation is 1. The lowest BCUT2D eigenvalue weighted by molar-refractivity contribution is 0.0690. The van der Waals surface area contributed by atoms with Gasteiger partial charge < -0.3 is 9.84 Å². The summed E-state index contributed by atoms with van der Waals surface area (Å²) in [5.74, 6) is -0.533. The average molecular weight is 247 g/mol. The van der Waals surface area contributed by atoms with E-state index >= 15 is 0 Å². The molecule has 0 amide bonds. The molecule has 0 aliphatic carbocycles. The molecule has 4 nitrogen and oxygen atoms in total. The molecule has 0 aliphatic rings. The molecule has 0 atom stereocenters. The van der Waals surface area contributed by atoms with Crippen molar-refractivity contribution in [3.8, 4) is 11.5 Å². The SMILES string of the molecule is Cc1cc(F)ccc1Oc1ccc(C(=O)O)nc1. The number of hydrogen-bond donors (Lipinski definition) is 1.